The van der Waals surface area contributed by atoms with Crippen LogP contribution in [0.2, 0.25) is 0 Å². The Balaban J connectivity index is 1.19. The first-order valence-corrected chi connectivity index (χ1v) is 15.0. The second kappa shape index (κ2) is 12.9. The van der Waals surface area contributed by atoms with Gasteiger partial charge in [0.05, 0.1) is 17.8 Å². The predicted octanol–water partition coefficient (Wildman–Crippen LogP) is 3.42. The maximum Gasteiger partial charge on any atom is 0.404 e. The molecule has 13 heteroatoms. The van der Waals surface area contributed by atoms with Crippen molar-refractivity contribution in [3.63, 3.8) is 0 Å². The fraction of sp³-hybridized carbons (Fsp3) is 0.600. The van der Waals surface area contributed by atoms with Crippen LogP contribution in [0.15, 0.2) is 24.5 Å². The Kier molecular flexibility index (Phi) is 9.19. The van der Waals surface area contributed by atoms with E-state index in [0.717, 1.165) is 31.7 Å². The molecule has 3 saturated heterocycles. The van der Waals surface area contributed by atoms with Crippen molar-refractivity contribution in [2.24, 2.45) is 5.41 Å². The van der Waals surface area contributed by atoms with E-state index >= 15 is 8.78 Å². The Morgan fingerprint density at radius 2 is 1.74 bits per heavy atom. The molecule has 0 aliphatic carbocycles. The number of hydrogen-bond donors (Lipinski definition) is 4. The summed E-state index contributed by atoms with van der Waals surface area (Å²) < 4.78 is 30.7. The van der Waals surface area contributed by atoms with Crippen molar-refractivity contribution in [3.05, 3.63) is 41.7 Å². The molecule has 1 aromatic heterocycles. The molecule has 0 radical (unpaired) electrons. The SMILES string of the molecule is CC1(C)CCN(Cc2cc(F)c(N3CC(=O)NC4(CCN(c5cc(NCCCNC(=O)O)ncn5)CC4)C3)cc2F)CC1. The van der Waals surface area contributed by atoms with E-state index in [4.69, 9.17) is 5.11 Å². The maximum atomic E-state index is 15.4. The number of anilines is 3. The number of aromatic nitrogens is 2. The van der Waals surface area contributed by atoms with Crippen molar-refractivity contribution in [1.29, 1.82) is 0 Å². The van der Waals surface area contributed by atoms with E-state index in [0.29, 0.717) is 69.9 Å². The fourth-order valence-electron chi connectivity index (χ4n) is 6.20. The van der Waals surface area contributed by atoms with Crippen molar-refractivity contribution in [1.82, 2.24) is 25.5 Å². The van der Waals surface area contributed by atoms with Crippen LogP contribution in [0.5, 0.6) is 0 Å². The zero-order valence-corrected chi connectivity index (χ0v) is 25.0. The smallest absolute Gasteiger partial charge is 0.404 e. The fourth-order valence-corrected chi connectivity index (χ4v) is 6.20. The Morgan fingerprint density at radius 3 is 2.47 bits per heavy atom. The van der Waals surface area contributed by atoms with E-state index in [1.165, 1.54) is 18.5 Å². The molecule has 43 heavy (non-hydrogen) atoms. The monoisotopic (exact) mass is 600 g/mol. The number of carbonyl (C=O) groups is 2. The second-order valence-corrected chi connectivity index (χ2v) is 12.8. The second-order valence-electron chi connectivity index (χ2n) is 12.8. The molecule has 1 aromatic carbocycles. The van der Waals surface area contributed by atoms with Crippen molar-refractivity contribution >= 4 is 29.3 Å². The number of amides is 2. The number of piperazine rings is 1. The highest BCUT2D eigenvalue weighted by Crippen LogP contribution is 2.34. The molecule has 11 nitrogen and oxygen atoms in total. The lowest BCUT2D eigenvalue weighted by atomic mass is 9.82. The third kappa shape index (κ3) is 7.81. The van der Waals surface area contributed by atoms with Gasteiger partial charge in [-0.05, 0) is 56.7 Å². The topological polar surface area (TPSA) is 126 Å². The molecule has 0 saturated carbocycles. The highest BCUT2D eigenvalue weighted by Gasteiger charge is 2.42. The summed E-state index contributed by atoms with van der Waals surface area (Å²) in [5.41, 5.74) is 0.201. The molecular weight excluding hydrogens is 558 g/mol. The van der Waals surface area contributed by atoms with Crippen LogP contribution in [0, 0.1) is 17.0 Å². The minimum absolute atomic E-state index is 0.0225. The number of halogens is 2. The predicted molar refractivity (Wildman–Crippen MR) is 160 cm³/mol. The summed E-state index contributed by atoms with van der Waals surface area (Å²) in [6, 6.07) is 4.40. The standard InChI is InChI=1S/C30H42F2N8O3/c1-29(2)4-10-38(11-5-29)17-21-14-23(32)24(15-22(21)31)40-18-27(41)37-30(19-40)6-12-39(13-7-30)26-16-25(35-20-36-26)33-8-3-9-34-28(42)43/h14-16,20,34H,3-13,17-19H2,1-2H3,(H,37,41)(H,42,43)(H,33,35,36). The van der Waals surface area contributed by atoms with Crippen LogP contribution in [-0.4, -0.2) is 89.9 Å². The zero-order chi connectivity index (χ0) is 30.6. The van der Waals surface area contributed by atoms with Crippen LogP contribution in [-0.2, 0) is 11.3 Å². The van der Waals surface area contributed by atoms with Gasteiger partial charge in [0.2, 0.25) is 5.91 Å². The van der Waals surface area contributed by atoms with Gasteiger partial charge in [-0.25, -0.2) is 23.5 Å². The Morgan fingerprint density at radius 1 is 1.00 bits per heavy atom. The molecule has 3 fully saturated rings. The van der Waals surface area contributed by atoms with Gasteiger partial charge in [0, 0.05) is 57.0 Å². The van der Waals surface area contributed by atoms with Crippen LogP contribution in [0.4, 0.5) is 30.9 Å². The molecule has 0 unspecified atom stereocenters. The molecule has 2 amide bonds. The van der Waals surface area contributed by atoms with Gasteiger partial charge in [-0.3, -0.25) is 9.69 Å². The first kappa shape index (κ1) is 30.7. The quantitative estimate of drug-likeness (QED) is 0.321. The van der Waals surface area contributed by atoms with E-state index in [1.807, 2.05) is 6.07 Å². The molecule has 3 aliphatic rings. The summed E-state index contributed by atoms with van der Waals surface area (Å²) in [6.07, 6.45) is 4.34. The molecule has 4 heterocycles. The number of carbonyl (C=O) groups excluding carboxylic acids is 1. The maximum absolute atomic E-state index is 15.4. The minimum Gasteiger partial charge on any atom is -0.465 e. The average molecular weight is 601 g/mol. The summed E-state index contributed by atoms with van der Waals surface area (Å²) in [5.74, 6) is 0.238. The van der Waals surface area contributed by atoms with E-state index in [1.54, 1.807) is 4.90 Å². The van der Waals surface area contributed by atoms with Gasteiger partial charge in [0.25, 0.3) is 0 Å². The molecule has 0 bridgehead atoms. The third-order valence-electron chi connectivity index (χ3n) is 8.93. The molecule has 1 spiro atoms. The summed E-state index contributed by atoms with van der Waals surface area (Å²) in [6.45, 7) is 9.09. The molecule has 0 atom stereocenters. The molecular formula is C30H42F2N8O3. The highest BCUT2D eigenvalue weighted by atomic mass is 19.1. The normalized spacial score (nSPS) is 20.1. The first-order valence-electron chi connectivity index (χ1n) is 15.0. The number of carboxylic acid groups (broad SMARTS) is 1. The highest BCUT2D eigenvalue weighted by molar-refractivity contribution is 5.84. The number of piperidine rings is 2. The molecule has 4 N–H and O–H groups in total. The summed E-state index contributed by atoms with van der Waals surface area (Å²) in [5, 5.41) is 17.3. The van der Waals surface area contributed by atoms with Gasteiger partial charge in [-0.1, -0.05) is 13.8 Å². The number of likely N-dealkylation sites (tertiary alicyclic amines) is 1. The van der Waals surface area contributed by atoms with Gasteiger partial charge in [0.1, 0.15) is 29.6 Å². The Hall–Kier alpha value is -3.74. The van der Waals surface area contributed by atoms with Gasteiger partial charge < -0.3 is 30.9 Å². The van der Waals surface area contributed by atoms with E-state index in [9.17, 15) is 9.59 Å². The van der Waals surface area contributed by atoms with Crippen LogP contribution >= 0.6 is 0 Å². The average Bonchev–Trinajstić information content (AvgIpc) is 2.95. The lowest BCUT2D eigenvalue weighted by Gasteiger charge is -2.48. The summed E-state index contributed by atoms with van der Waals surface area (Å²) >= 11 is 0. The number of nitrogens with zero attached hydrogens (tertiary/aromatic N) is 5. The summed E-state index contributed by atoms with van der Waals surface area (Å²) in [4.78, 5) is 38.0. The minimum atomic E-state index is -1.05. The molecule has 3 aliphatic heterocycles. The number of rotatable bonds is 9. The van der Waals surface area contributed by atoms with Crippen molar-refractivity contribution in [2.75, 3.05) is 67.5 Å². The number of benzene rings is 1. The zero-order valence-electron chi connectivity index (χ0n) is 25.0. The Labute approximate surface area is 251 Å². The van der Waals surface area contributed by atoms with Gasteiger partial charge in [-0.2, -0.15) is 0 Å². The van der Waals surface area contributed by atoms with Crippen LogP contribution in [0.1, 0.15) is 51.5 Å². The molecule has 2 aromatic rings. The lowest BCUT2D eigenvalue weighted by Crippen LogP contribution is -2.66. The third-order valence-corrected chi connectivity index (χ3v) is 8.93. The van der Waals surface area contributed by atoms with Crippen molar-refractivity contribution in [3.8, 4) is 0 Å². The number of hydrogen-bond acceptors (Lipinski definition) is 8. The van der Waals surface area contributed by atoms with Gasteiger partial charge in [-0.15, -0.1) is 0 Å². The van der Waals surface area contributed by atoms with E-state index < -0.39 is 23.3 Å². The number of nitrogens with one attached hydrogen (secondary N) is 3. The molecule has 5 rings (SSSR count). The first-order chi connectivity index (χ1) is 20.5. The van der Waals surface area contributed by atoms with Crippen LogP contribution in [0.3, 0.4) is 0 Å². The van der Waals surface area contributed by atoms with Crippen LogP contribution < -0.4 is 25.8 Å². The van der Waals surface area contributed by atoms with Crippen LogP contribution in [0.25, 0.3) is 0 Å². The van der Waals surface area contributed by atoms with Gasteiger partial charge >= 0.3 is 6.09 Å². The molecule has 234 valence electrons. The Bertz CT molecular complexity index is 1310. The van der Waals surface area contributed by atoms with E-state index in [-0.39, 0.29) is 23.6 Å². The largest absolute Gasteiger partial charge is 0.465 e. The lowest BCUT2D eigenvalue weighted by molar-refractivity contribution is -0.123. The van der Waals surface area contributed by atoms with Crippen molar-refractivity contribution < 1.29 is 23.5 Å². The summed E-state index contributed by atoms with van der Waals surface area (Å²) in [7, 11) is 0. The van der Waals surface area contributed by atoms with Gasteiger partial charge in [0.15, 0.2) is 0 Å². The van der Waals surface area contributed by atoms with E-state index in [2.05, 4.69) is 49.6 Å². The van der Waals surface area contributed by atoms with Crippen molar-refractivity contribution in [2.45, 2.75) is 58.0 Å².